The summed E-state index contributed by atoms with van der Waals surface area (Å²) in [6, 6.07) is 9.09. The summed E-state index contributed by atoms with van der Waals surface area (Å²) in [6.45, 7) is 1.70. The third-order valence-corrected chi connectivity index (χ3v) is 2.86. The molecule has 0 saturated heterocycles. The van der Waals surface area contributed by atoms with Crippen molar-refractivity contribution in [3.63, 3.8) is 0 Å². The largest absolute Gasteiger partial charge is 0.462 e. The van der Waals surface area contributed by atoms with E-state index in [9.17, 15) is 18.0 Å². The van der Waals surface area contributed by atoms with E-state index in [1.807, 2.05) is 0 Å². The SMILES string of the molecule is Cc1ccc(/C=C(\C#N)C(=O)Nc2cccc(C(F)(F)F)c2)o1. The average molecular weight is 320 g/mol. The third-order valence-electron chi connectivity index (χ3n) is 2.86. The molecule has 0 saturated carbocycles. The highest BCUT2D eigenvalue weighted by atomic mass is 19.4. The Bertz CT molecular complexity index is 798. The summed E-state index contributed by atoms with van der Waals surface area (Å²) >= 11 is 0. The number of hydrogen-bond donors (Lipinski definition) is 1. The van der Waals surface area contributed by atoms with E-state index in [0.717, 1.165) is 12.1 Å². The highest BCUT2D eigenvalue weighted by molar-refractivity contribution is 6.09. The van der Waals surface area contributed by atoms with Gasteiger partial charge in [-0.2, -0.15) is 18.4 Å². The molecule has 2 rings (SSSR count). The summed E-state index contributed by atoms with van der Waals surface area (Å²) in [4.78, 5) is 12.0. The van der Waals surface area contributed by atoms with Gasteiger partial charge in [-0.15, -0.1) is 0 Å². The molecule has 0 spiro atoms. The number of nitriles is 1. The molecule has 1 aromatic carbocycles. The van der Waals surface area contributed by atoms with E-state index in [2.05, 4.69) is 5.32 Å². The lowest BCUT2D eigenvalue weighted by atomic mass is 10.1. The van der Waals surface area contributed by atoms with Crippen molar-refractivity contribution in [3.8, 4) is 6.07 Å². The minimum absolute atomic E-state index is 0.0541. The number of nitrogens with one attached hydrogen (secondary N) is 1. The number of hydrogen-bond acceptors (Lipinski definition) is 3. The van der Waals surface area contributed by atoms with Crippen molar-refractivity contribution in [2.24, 2.45) is 0 Å². The normalized spacial score (nSPS) is 11.9. The molecule has 0 aliphatic carbocycles. The molecule has 0 unspecified atom stereocenters. The van der Waals surface area contributed by atoms with E-state index >= 15 is 0 Å². The molecule has 0 bridgehead atoms. The summed E-state index contributed by atoms with van der Waals surface area (Å²) in [5.41, 5.74) is -1.22. The Balaban J connectivity index is 2.21. The van der Waals surface area contributed by atoms with Crippen LogP contribution in [0.5, 0.6) is 0 Å². The number of rotatable bonds is 3. The van der Waals surface area contributed by atoms with Gasteiger partial charge >= 0.3 is 6.18 Å². The van der Waals surface area contributed by atoms with Gasteiger partial charge in [-0.25, -0.2) is 0 Å². The van der Waals surface area contributed by atoms with Gasteiger partial charge in [-0.05, 0) is 37.3 Å². The lowest BCUT2D eigenvalue weighted by Gasteiger charge is -2.09. The molecule has 0 radical (unpaired) electrons. The van der Waals surface area contributed by atoms with Crippen LogP contribution in [0.25, 0.3) is 6.08 Å². The zero-order valence-electron chi connectivity index (χ0n) is 11.9. The van der Waals surface area contributed by atoms with Gasteiger partial charge < -0.3 is 9.73 Å². The van der Waals surface area contributed by atoms with Crippen LogP contribution in [0.3, 0.4) is 0 Å². The van der Waals surface area contributed by atoms with Gasteiger partial charge in [0.15, 0.2) is 0 Å². The molecule has 4 nitrogen and oxygen atoms in total. The van der Waals surface area contributed by atoms with Gasteiger partial charge in [-0.1, -0.05) is 6.07 Å². The highest BCUT2D eigenvalue weighted by Crippen LogP contribution is 2.30. The van der Waals surface area contributed by atoms with Gasteiger partial charge in [0.25, 0.3) is 5.91 Å². The third kappa shape index (κ3) is 4.23. The predicted octanol–water partition coefficient (Wildman–Crippen LogP) is 4.15. The fourth-order valence-electron chi connectivity index (χ4n) is 1.79. The molecule has 0 aliphatic heterocycles. The lowest BCUT2D eigenvalue weighted by molar-refractivity contribution is -0.137. The Kier molecular flexibility index (Phi) is 4.55. The van der Waals surface area contributed by atoms with Gasteiger partial charge in [0.1, 0.15) is 23.2 Å². The maximum absolute atomic E-state index is 12.6. The quantitative estimate of drug-likeness (QED) is 0.682. The first-order valence-corrected chi connectivity index (χ1v) is 6.46. The summed E-state index contributed by atoms with van der Waals surface area (Å²) in [7, 11) is 0. The van der Waals surface area contributed by atoms with Crippen molar-refractivity contribution < 1.29 is 22.4 Å². The number of benzene rings is 1. The maximum atomic E-state index is 12.6. The number of anilines is 1. The first kappa shape index (κ1) is 16.4. The topological polar surface area (TPSA) is 66.0 Å². The highest BCUT2D eigenvalue weighted by Gasteiger charge is 2.30. The van der Waals surface area contributed by atoms with E-state index in [1.165, 1.54) is 18.2 Å². The molecule has 23 heavy (non-hydrogen) atoms. The first-order chi connectivity index (χ1) is 10.8. The van der Waals surface area contributed by atoms with Crippen molar-refractivity contribution in [2.75, 3.05) is 5.32 Å². The Morgan fingerprint density at radius 1 is 1.30 bits per heavy atom. The standard InChI is InChI=1S/C16H11F3N2O2/c1-10-5-6-14(23-10)7-11(9-20)15(22)21-13-4-2-3-12(8-13)16(17,18)19/h2-8H,1H3,(H,21,22)/b11-7+. The molecule has 0 atom stereocenters. The van der Waals surface area contributed by atoms with Crippen molar-refractivity contribution in [1.82, 2.24) is 0 Å². The minimum Gasteiger partial charge on any atom is -0.462 e. The van der Waals surface area contributed by atoms with Crippen LogP contribution < -0.4 is 5.32 Å². The van der Waals surface area contributed by atoms with Crippen molar-refractivity contribution in [2.45, 2.75) is 13.1 Å². The molecule has 2 aromatic rings. The fraction of sp³-hybridized carbons (Fsp3) is 0.125. The average Bonchev–Trinajstić information content (AvgIpc) is 2.89. The molecular formula is C16H11F3N2O2. The minimum atomic E-state index is -4.51. The summed E-state index contributed by atoms with van der Waals surface area (Å²) < 4.78 is 43.1. The second-order valence-corrected chi connectivity index (χ2v) is 4.65. The van der Waals surface area contributed by atoms with Gasteiger partial charge in [0.2, 0.25) is 0 Å². The molecule has 1 amide bonds. The Hall–Kier alpha value is -3.01. The second kappa shape index (κ2) is 6.40. The predicted molar refractivity (Wildman–Crippen MR) is 77.1 cm³/mol. The number of amides is 1. The zero-order chi connectivity index (χ0) is 17.0. The molecule has 7 heteroatoms. The molecule has 1 aromatic heterocycles. The molecule has 0 aliphatic rings. The number of nitrogens with zero attached hydrogens (tertiary/aromatic N) is 1. The number of alkyl halides is 3. The first-order valence-electron chi connectivity index (χ1n) is 6.46. The zero-order valence-corrected chi connectivity index (χ0v) is 11.9. The molecule has 118 valence electrons. The summed E-state index contributed by atoms with van der Waals surface area (Å²) in [6.07, 6.45) is -3.30. The summed E-state index contributed by atoms with van der Waals surface area (Å²) in [5.74, 6) is 0.0888. The number of halogens is 3. The van der Waals surface area contributed by atoms with Crippen LogP contribution in [-0.2, 0) is 11.0 Å². The molecule has 0 fully saturated rings. The second-order valence-electron chi connectivity index (χ2n) is 4.65. The van der Waals surface area contributed by atoms with Crippen LogP contribution in [0.4, 0.5) is 18.9 Å². The van der Waals surface area contributed by atoms with Gasteiger partial charge in [-0.3, -0.25) is 4.79 Å². The molecule has 1 heterocycles. The van der Waals surface area contributed by atoms with Crippen molar-refractivity contribution >= 4 is 17.7 Å². The Labute approximate surface area is 129 Å². The lowest BCUT2D eigenvalue weighted by Crippen LogP contribution is -2.14. The summed E-state index contributed by atoms with van der Waals surface area (Å²) in [5, 5.41) is 11.3. The van der Waals surface area contributed by atoms with Crippen LogP contribution in [0.2, 0.25) is 0 Å². The van der Waals surface area contributed by atoms with Crippen LogP contribution in [-0.4, -0.2) is 5.91 Å². The Morgan fingerprint density at radius 2 is 2.04 bits per heavy atom. The molecule has 1 N–H and O–H groups in total. The molecular weight excluding hydrogens is 309 g/mol. The smallest absolute Gasteiger partial charge is 0.416 e. The van der Waals surface area contributed by atoms with Gasteiger partial charge in [0.05, 0.1) is 5.56 Å². The van der Waals surface area contributed by atoms with Crippen LogP contribution in [0.15, 0.2) is 46.4 Å². The number of aryl methyl sites for hydroxylation is 1. The van der Waals surface area contributed by atoms with E-state index in [1.54, 1.807) is 25.1 Å². The van der Waals surface area contributed by atoms with E-state index < -0.39 is 17.6 Å². The Morgan fingerprint density at radius 3 is 2.61 bits per heavy atom. The fourth-order valence-corrected chi connectivity index (χ4v) is 1.79. The van der Waals surface area contributed by atoms with Crippen LogP contribution in [0.1, 0.15) is 17.1 Å². The monoisotopic (exact) mass is 320 g/mol. The number of carbonyl (C=O) groups is 1. The van der Waals surface area contributed by atoms with Crippen molar-refractivity contribution in [1.29, 1.82) is 5.26 Å². The number of furan rings is 1. The van der Waals surface area contributed by atoms with Gasteiger partial charge in [0, 0.05) is 11.8 Å². The maximum Gasteiger partial charge on any atom is 0.416 e. The van der Waals surface area contributed by atoms with Crippen molar-refractivity contribution in [3.05, 3.63) is 59.1 Å². The van der Waals surface area contributed by atoms with E-state index in [4.69, 9.17) is 9.68 Å². The van der Waals surface area contributed by atoms with Crippen LogP contribution >= 0.6 is 0 Å². The van der Waals surface area contributed by atoms with Crippen LogP contribution in [0, 0.1) is 18.3 Å². The van der Waals surface area contributed by atoms with E-state index in [0.29, 0.717) is 11.5 Å². The van der Waals surface area contributed by atoms with E-state index in [-0.39, 0.29) is 11.3 Å². The number of carbonyl (C=O) groups excluding carboxylic acids is 1.